The first-order valence-electron chi connectivity index (χ1n) is 16.7. The van der Waals surface area contributed by atoms with E-state index in [4.69, 9.17) is 61.6 Å². The molecule has 46 heavy (non-hydrogen) atoms. The third kappa shape index (κ3) is 7.90. The topological polar surface area (TPSA) is 160 Å². The molecule has 15 heteroatoms. The third-order valence-electron chi connectivity index (χ3n) is 9.81. The van der Waals surface area contributed by atoms with Gasteiger partial charge in [-0.05, 0) is 19.8 Å². The van der Waals surface area contributed by atoms with Gasteiger partial charge in [-0.25, -0.2) is 0 Å². The summed E-state index contributed by atoms with van der Waals surface area (Å²) in [6.07, 6.45) is -3.51. The van der Waals surface area contributed by atoms with E-state index in [2.05, 4.69) is 0 Å². The molecule has 5 saturated heterocycles. The van der Waals surface area contributed by atoms with Gasteiger partial charge in [0.2, 0.25) is 0 Å². The number of aliphatic hydroxyl groups is 2. The molecule has 0 aromatic rings. The summed E-state index contributed by atoms with van der Waals surface area (Å²) < 4.78 is 75.9. The van der Waals surface area contributed by atoms with E-state index in [1.807, 2.05) is 6.92 Å². The normalized spacial score (nSPS) is 42.7. The fourth-order valence-corrected chi connectivity index (χ4v) is 7.78. The van der Waals surface area contributed by atoms with Crippen molar-refractivity contribution in [3.8, 4) is 0 Å². The SMILES string of the molecule is COCCOCCOC1C2CC3CC1C(OCCO[C@H](C)COC1C4OC5OC(C4O)C(O)C1O5)C(O3)C2OCCOCCOC. The smallest absolute Gasteiger partial charge is 0.272 e. The average Bonchev–Trinajstić information content (AvgIpc) is 3.05. The largest absolute Gasteiger partial charge is 0.387 e. The van der Waals surface area contributed by atoms with Crippen LogP contribution in [0.5, 0.6) is 0 Å². The number of ether oxygens (including phenoxy) is 13. The molecule has 0 spiro atoms. The lowest BCUT2D eigenvalue weighted by Gasteiger charge is -2.60. The van der Waals surface area contributed by atoms with Crippen molar-refractivity contribution in [2.45, 2.75) is 99.5 Å². The second-order valence-corrected chi connectivity index (χ2v) is 12.8. The Balaban J connectivity index is 0.976. The molecule has 3 aliphatic carbocycles. The summed E-state index contributed by atoms with van der Waals surface area (Å²) >= 11 is 0. The van der Waals surface area contributed by atoms with Gasteiger partial charge in [-0.2, -0.15) is 0 Å². The molecule has 8 bridgehead atoms. The van der Waals surface area contributed by atoms with E-state index in [9.17, 15) is 10.2 Å². The first-order chi connectivity index (χ1) is 22.5. The second-order valence-electron chi connectivity index (χ2n) is 12.8. The van der Waals surface area contributed by atoms with E-state index in [0.29, 0.717) is 66.1 Å². The Bertz CT molecular complexity index is 861. The Labute approximate surface area is 270 Å². The molecule has 3 saturated carbocycles. The van der Waals surface area contributed by atoms with Crippen molar-refractivity contribution in [1.29, 1.82) is 0 Å². The van der Waals surface area contributed by atoms with Crippen molar-refractivity contribution in [1.82, 2.24) is 0 Å². The van der Waals surface area contributed by atoms with Crippen molar-refractivity contribution in [2.24, 2.45) is 11.8 Å². The van der Waals surface area contributed by atoms with Crippen LogP contribution >= 0.6 is 0 Å². The van der Waals surface area contributed by atoms with Crippen LogP contribution < -0.4 is 0 Å². The van der Waals surface area contributed by atoms with E-state index in [0.717, 1.165) is 12.8 Å². The maximum Gasteiger partial charge on any atom is 0.272 e. The lowest BCUT2D eigenvalue weighted by Crippen LogP contribution is -2.75. The highest BCUT2D eigenvalue weighted by molar-refractivity contribution is 5.10. The fraction of sp³-hybridized carbons (Fsp3) is 1.00. The Kier molecular flexibility index (Phi) is 12.9. The minimum atomic E-state index is -0.990. The number of aliphatic hydroxyl groups excluding tert-OH is 2. The highest BCUT2D eigenvalue weighted by atomic mass is 16.9. The van der Waals surface area contributed by atoms with Crippen LogP contribution in [0.25, 0.3) is 0 Å². The maximum absolute atomic E-state index is 10.5. The molecule has 12 atom stereocenters. The van der Waals surface area contributed by atoms with Crippen molar-refractivity contribution >= 4 is 0 Å². The van der Waals surface area contributed by atoms with Crippen molar-refractivity contribution in [2.75, 3.05) is 86.9 Å². The molecule has 8 aliphatic rings. The Hall–Kier alpha value is -0.600. The third-order valence-corrected chi connectivity index (χ3v) is 9.81. The van der Waals surface area contributed by atoms with Crippen LogP contribution in [0, 0.1) is 11.8 Å². The summed E-state index contributed by atoms with van der Waals surface area (Å²) in [6.45, 7) is 5.98. The van der Waals surface area contributed by atoms with E-state index in [1.54, 1.807) is 14.2 Å². The minimum Gasteiger partial charge on any atom is -0.387 e. The van der Waals surface area contributed by atoms with Crippen LogP contribution in [-0.2, 0) is 61.6 Å². The Morgan fingerprint density at radius 1 is 0.565 bits per heavy atom. The number of hydrogen-bond donors (Lipinski definition) is 2. The average molecular weight is 665 g/mol. The van der Waals surface area contributed by atoms with Crippen molar-refractivity contribution in [3.05, 3.63) is 0 Å². The van der Waals surface area contributed by atoms with Crippen LogP contribution in [-0.4, -0.2) is 177 Å². The predicted octanol–water partition coefficient (Wildman–Crippen LogP) is -0.733. The van der Waals surface area contributed by atoms with Gasteiger partial charge in [0.25, 0.3) is 6.48 Å². The second kappa shape index (κ2) is 16.9. The minimum absolute atomic E-state index is 0.0263. The van der Waals surface area contributed by atoms with E-state index < -0.39 is 43.1 Å². The van der Waals surface area contributed by atoms with Gasteiger partial charge in [0.05, 0.1) is 103 Å². The number of hydrogen-bond acceptors (Lipinski definition) is 15. The van der Waals surface area contributed by atoms with Gasteiger partial charge in [-0.3, -0.25) is 0 Å². The van der Waals surface area contributed by atoms with Gasteiger partial charge in [0.1, 0.15) is 42.7 Å². The standard InChI is InChI=1S/C31H52O15/c1-17(16-42-29-27-21(32)26-22(33)28(29)46-31(44-26)45-27)38-12-13-41-25-20-15-18-14-19(23(20)39-10-8-36-6-4-34-2)24(30(25)43-18)40-11-9-37-7-5-35-3/h17-33H,4-16H2,1-3H3/t17-,18?,19?,20?,21?,22?,23?,24?,25?,26?,27?,28?,29?,30?,31?/m1/s1. The zero-order valence-electron chi connectivity index (χ0n) is 27.1. The van der Waals surface area contributed by atoms with Gasteiger partial charge in [0, 0.05) is 26.1 Å². The molecule has 0 aromatic carbocycles. The lowest BCUT2D eigenvalue weighted by molar-refractivity contribution is -0.484. The van der Waals surface area contributed by atoms with Crippen molar-refractivity contribution in [3.63, 3.8) is 0 Å². The van der Waals surface area contributed by atoms with Crippen LogP contribution in [0.2, 0.25) is 0 Å². The van der Waals surface area contributed by atoms with E-state index >= 15 is 0 Å². The van der Waals surface area contributed by atoms with Crippen LogP contribution in [0.15, 0.2) is 0 Å². The van der Waals surface area contributed by atoms with Gasteiger partial charge >= 0.3 is 0 Å². The molecule has 2 N–H and O–H groups in total. The monoisotopic (exact) mass is 664 g/mol. The van der Waals surface area contributed by atoms with Gasteiger partial charge in [0.15, 0.2) is 0 Å². The highest BCUT2D eigenvalue weighted by Crippen LogP contribution is 2.51. The molecule has 11 unspecified atom stereocenters. The summed E-state index contributed by atoms with van der Waals surface area (Å²) in [5.41, 5.74) is 0. The van der Waals surface area contributed by atoms with E-state index in [-0.39, 0.29) is 55.1 Å². The molecule has 5 heterocycles. The van der Waals surface area contributed by atoms with Crippen LogP contribution in [0.3, 0.4) is 0 Å². The molecule has 0 radical (unpaired) electrons. The van der Waals surface area contributed by atoms with E-state index in [1.165, 1.54) is 0 Å². The lowest BCUT2D eigenvalue weighted by atomic mass is 9.62. The quantitative estimate of drug-likeness (QED) is 0.139. The predicted molar refractivity (Wildman–Crippen MR) is 155 cm³/mol. The van der Waals surface area contributed by atoms with Crippen molar-refractivity contribution < 1.29 is 71.8 Å². The van der Waals surface area contributed by atoms with Crippen LogP contribution in [0.4, 0.5) is 0 Å². The molecule has 8 rings (SSSR count). The summed E-state index contributed by atoms with van der Waals surface area (Å²) in [6, 6.07) is 0. The molecule has 5 aliphatic heterocycles. The maximum atomic E-state index is 10.5. The number of methoxy groups -OCH3 is 2. The zero-order chi connectivity index (χ0) is 32.0. The van der Waals surface area contributed by atoms with Crippen LogP contribution in [0.1, 0.15) is 19.8 Å². The fourth-order valence-electron chi connectivity index (χ4n) is 7.78. The Morgan fingerprint density at radius 3 is 1.67 bits per heavy atom. The number of rotatable bonds is 22. The first-order valence-corrected chi connectivity index (χ1v) is 16.7. The highest BCUT2D eigenvalue weighted by Gasteiger charge is 2.62. The van der Waals surface area contributed by atoms with Gasteiger partial charge in [-0.1, -0.05) is 0 Å². The molecule has 15 nitrogen and oxygen atoms in total. The molecule has 8 fully saturated rings. The summed E-state index contributed by atoms with van der Waals surface area (Å²) in [5, 5.41) is 21.0. The molecular formula is C31H52O15. The molecule has 0 aromatic heterocycles. The van der Waals surface area contributed by atoms with Gasteiger partial charge in [-0.15, -0.1) is 0 Å². The summed E-state index contributed by atoms with van der Waals surface area (Å²) in [4.78, 5) is 0. The summed E-state index contributed by atoms with van der Waals surface area (Å²) in [5.74, 6) is 0.384. The molecule has 0 amide bonds. The molecule has 266 valence electrons. The first kappa shape index (κ1) is 35.2. The Morgan fingerprint density at radius 2 is 1.09 bits per heavy atom. The summed E-state index contributed by atoms with van der Waals surface area (Å²) in [7, 11) is 3.30. The molecular weight excluding hydrogens is 612 g/mol. The van der Waals surface area contributed by atoms with Gasteiger partial charge < -0.3 is 71.8 Å². The zero-order valence-corrected chi connectivity index (χ0v) is 27.1.